The quantitative estimate of drug-likeness (QED) is 0.493. The van der Waals surface area contributed by atoms with Gasteiger partial charge in [-0.25, -0.2) is 4.99 Å². The first kappa shape index (κ1) is 20.0. The number of fused-ring (bicyclic) bond motifs is 2. The molecule has 0 amide bonds. The van der Waals surface area contributed by atoms with Gasteiger partial charge in [0.2, 0.25) is 5.69 Å². The van der Waals surface area contributed by atoms with E-state index in [0.717, 1.165) is 39.4 Å². The van der Waals surface area contributed by atoms with Gasteiger partial charge in [-0.3, -0.25) is 0 Å². The molecule has 0 unspecified atom stereocenters. The first-order valence-electron chi connectivity index (χ1n) is 9.20. The zero-order chi connectivity index (χ0) is 20.0. The predicted octanol–water partition coefficient (Wildman–Crippen LogP) is 1.95. The molecule has 1 aliphatic rings. The van der Waals surface area contributed by atoms with E-state index in [1.54, 1.807) is 24.5 Å². The molecule has 0 saturated carbocycles. The Balaban J connectivity index is 0.00000218. The molecule has 1 aromatic heterocycles. The maximum absolute atomic E-state index is 13.9. The standard InChI is InChI=1S/C24H15F3N2.ClH/c25-24(26,27)20-10-4-1-9-17(20)23(18-13-28-21-11-5-2-7-15(18)21)19-14-29-22-12-6-3-8-16(19)22;/h1-14,28H;1H. The summed E-state index contributed by atoms with van der Waals surface area (Å²) in [5.74, 6) is 0. The van der Waals surface area contributed by atoms with Gasteiger partial charge in [-0.2, -0.15) is 13.2 Å². The number of allylic oxidation sites excluding steroid dienone is 1. The topological polar surface area (TPSA) is 29.8 Å². The fourth-order valence-electron chi connectivity index (χ4n) is 3.94. The minimum absolute atomic E-state index is 0. The summed E-state index contributed by atoms with van der Waals surface area (Å²) >= 11 is 0. The number of para-hydroxylation sites is 2. The Morgan fingerprint density at radius 2 is 1.50 bits per heavy atom. The summed E-state index contributed by atoms with van der Waals surface area (Å²) in [6.07, 6.45) is -0.885. The first-order valence-corrected chi connectivity index (χ1v) is 9.20. The van der Waals surface area contributed by atoms with E-state index in [2.05, 4.69) is 9.98 Å². The monoisotopic (exact) mass is 424 g/mol. The fraction of sp³-hybridized carbons (Fsp3) is 0.0417. The Morgan fingerprint density at radius 3 is 2.33 bits per heavy atom. The number of aromatic nitrogens is 1. The van der Waals surface area contributed by atoms with Gasteiger partial charge in [-0.1, -0.05) is 48.5 Å². The SMILES string of the molecule is FC(F)(F)c1ccccc1C(=C1C=[NH+]c2ccccc21)c1c[nH]c2ccccc12.[Cl-]. The molecule has 0 fully saturated rings. The van der Waals surface area contributed by atoms with Crippen LogP contribution in [-0.4, -0.2) is 11.2 Å². The van der Waals surface area contributed by atoms with Crippen molar-refractivity contribution in [3.63, 3.8) is 0 Å². The van der Waals surface area contributed by atoms with Gasteiger partial charge in [0.25, 0.3) is 0 Å². The van der Waals surface area contributed by atoms with Crippen molar-refractivity contribution in [3.05, 3.63) is 101 Å². The number of H-pyrrole nitrogens is 1. The molecule has 6 heteroatoms. The number of halogens is 4. The second-order valence-electron chi connectivity index (χ2n) is 6.91. The highest BCUT2D eigenvalue weighted by Gasteiger charge is 2.36. The lowest BCUT2D eigenvalue weighted by Crippen LogP contribution is -3.00. The zero-order valence-corrected chi connectivity index (χ0v) is 16.4. The lowest BCUT2D eigenvalue weighted by atomic mass is 9.87. The number of alkyl halides is 3. The predicted molar refractivity (Wildman–Crippen MR) is 109 cm³/mol. The van der Waals surface area contributed by atoms with Crippen LogP contribution < -0.4 is 17.4 Å². The Kier molecular flexibility index (Phi) is 5.00. The van der Waals surface area contributed by atoms with Crippen LogP contribution in [0.4, 0.5) is 18.9 Å². The van der Waals surface area contributed by atoms with Crippen LogP contribution in [0.5, 0.6) is 0 Å². The van der Waals surface area contributed by atoms with Crippen LogP contribution in [-0.2, 0) is 6.18 Å². The normalized spacial score (nSPS) is 14.5. The van der Waals surface area contributed by atoms with E-state index in [9.17, 15) is 13.2 Å². The summed E-state index contributed by atoms with van der Waals surface area (Å²) in [6.45, 7) is 0. The molecule has 1 aliphatic heterocycles. The lowest BCUT2D eigenvalue weighted by Gasteiger charge is -2.16. The fourth-order valence-corrected chi connectivity index (χ4v) is 3.94. The van der Waals surface area contributed by atoms with Gasteiger partial charge in [0.1, 0.15) is 0 Å². The van der Waals surface area contributed by atoms with Crippen LogP contribution in [0.2, 0.25) is 0 Å². The van der Waals surface area contributed by atoms with Crippen molar-refractivity contribution in [3.8, 4) is 0 Å². The molecule has 0 spiro atoms. The number of nitrogens with one attached hydrogen (secondary N) is 2. The maximum atomic E-state index is 13.9. The summed E-state index contributed by atoms with van der Waals surface area (Å²) in [5, 5.41) is 0.879. The molecule has 30 heavy (non-hydrogen) atoms. The van der Waals surface area contributed by atoms with Crippen LogP contribution >= 0.6 is 0 Å². The number of hydrogen-bond acceptors (Lipinski definition) is 0. The lowest BCUT2D eigenvalue weighted by molar-refractivity contribution is -0.342. The summed E-state index contributed by atoms with van der Waals surface area (Å²) in [7, 11) is 0. The molecule has 0 aliphatic carbocycles. The van der Waals surface area contributed by atoms with Gasteiger partial charge in [0.15, 0.2) is 6.21 Å². The summed E-state index contributed by atoms with van der Waals surface area (Å²) in [5.41, 5.74) is 4.18. The number of hydrogen-bond donors (Lipinski definition) is 2. The molecule has 150 valence electrons. The third-order valence-corrected chi connectivity index (χ3v) is 5.22. The Hall–Kier alpha value is -3.31. The third kappa shape index (κ3) is 3.21. The van der Waals surface area contributed by atoms with Crippen molar-refractivity contribution >= 4 is 34.0 Å². The molecule has 4 aromatic rings. The van der Waals surface area contributed by atoms with Gasteiger partial charge in [-0.05, 0) is 23.8 Å². The van der Waals surface area contributed by atoms with Crippen molar-refractivity contribution in [2.45, 2.75) is 6.18 Å². The highest BCUT2D eigenvalue weighted by molar-refractivity contribution is 6.25. The molecule has 0 atom stereocenters. The van der Waals surface area contributed by atoms with E-state index in [4.69, 9.17) is 0 Å². The largest absolute Gasteiger partial charge is 1.00 e. The highest BCUT2D eigenvalue weighted by atomic mass is 35.5. The zero-order valence-electron chi connectivity index (χ0n) is 15.6. The van der Waals surface area contributed by atoms with E-state index >= 15 is 0 Å². The Morgan fingerprint density at radius 1 is 0.800 bits per heavy atom. The molecule has 2 N–H and O–H groups in total. The molecule has 0 saturated heterocycles. The second kappa shape index (κ2) is 7.50. The molecule has 0 bridgehead atoms. The number of aromatic amines is 1. The minimum atomic E-state index is -4.46. The van der Waals surface area contributed by atoms with Crippen LogP contribution in [0.3, 0.4) is 0 Å². The number of benzene rings is 3. The number of rotatable bonds is 2. The molecule has 3 aromatic carbocycles. The first-order chi connectivity index (χ1) is 14.0. The summed E-state index contributed by atoms with van der Waals surface area (Å²) < 4.78 is 41.7. The van der Waals surface area contributed by atoms with E-state index in [1.165, 1.54) is 6.07 Å². The van der Waals surface area contributed by atoms with Gasteiger partial charge >= 0.3 is 6.18 Å². The van der Waals surface area contributed by atoms with Crippen molar-refractivity contribution < 1.29 is 30.6 Å². The molecule has 2 nitrogen and oxygen atoms in total. The average Bonchev–Trinajstić information content (AvgIpc) is 3.34. The second-order valence-corrected chi connectivity index (χ2v) is 6.91. The minimum Gasteiger partial charge on any atom is -1.00 e. The van der Waals surface area contributed by atoms with Crippen LogP contribution in [0.25, 0.3) is 22.0 Å². The van der Waals surface area contributed by atoms with E-state index < -0.39 is 11.7 Å². The van der Waals surface area contributed by atoms with E-state index in [0.29, 0.717) is 5.57 Å². The van der Waals surface area contributed by atoms with Crippen molar-refractivity contribution in [2.24, 2.45) is 0 Å². The van der Waals surface area contributed by atoms with Gasteiger partial charge in [0, 0.05) is 34.3 Å². The van der Waals surface area contributed by atoms with Gasteiger partial charge in [-0.15, -0.1) is 0 Å². The molecule has 2 heterocycles. The van der Waals surface area contributed by atoms with Crippen molar-refractivity contribution in [1.29, 1.82) is 0 Å². The van der Waals surface area contributed by atoms with Crippen LogP contribution in [0.15, 0.2) is 79.0 Å². The molecule has 5 rings (SSSR count). The van der Waals surface area contributed by atoms with E-state index in [1.807, 2.05) is 48.5 Å². The van der Waals surface area contributed by atoms with Gasteiger partial charge in [0.05, 0.1) is 16.7 Å². The molecular formula is C24H16ClF3N2. The Labute approximate surface area is 177 Å². The maximum Gasteiger partial charge on any atom is 0.417 e. The smallest absolute Gasteiger partial charge is 0.417 e. The third-order valence-electron chi connectivity index (χ3n) is 5.22. The molecular weight excluding hydrogens is 409 g/mol. The highest BCUT2D eigenvalue weighted by Crippen LogP contribution is 2.42. The Bertz CT molecular complexity index is 1300. The van der Waals surface area contributed by atoms with Gasteiger partial charge < -0.3 is 17.4 Å². The van der Waals surface area contributed by atoms with Crippen LogP contribution in [0, 0.1) is 0 Å². The van der Waals surface area contributed by atoms with Crippen molar-refractivity contribution in [1.82, 2.24) is 4.98 Å². The van der Waals surface area contributed by atoms with Crippen molar-refractivity contribution in [2.75, 3.05) is 0 Å². The summed E-state index contributed by atoms with van der Waals surface area (Å²) in [6, 6.07) is 21.0. The van der Waals surface area contributed by atoms with Crippen LogP contribution in [0.1, 0.15) is 22.3 Å². The average molecular weight is 425 g/mol. The molecule has 0 radical (unpaired) electrons. The summed E-state index contributed by atoms with van der Waals surface area (Å²) in [4.78, 5) is 6.39. The van der Waals surface area contributed by atoms with E-state index in [-0.39, 0.29) is 18.0 Å².